The molecule has 0 aromatic heterocycles. The van der Waals surface area contributed by atoms with Crippen LogP contribution >= 0.6 is 22.6 Å². The van der Waals surface area contributed by atoms with Crippen LogP contribution in [0.1, 0.15) is 24.2 Å². The first kappa shape index (κ1) is 12.1. The lowest BCUT2D eigenvalue weighted by Gasteiger charge is -2.19. The molecule has 1 N–H and O–H groups in total. The molecule has 0 saturated heterocycles. The number of terminal acetylenes is 1. The fraction of sp³-hybridized carbons (Fsp3) is 0.250. The van der Waals surface area contributed by atoms with E-state index in [0.29, 0.717) is 5.56 Å². The number of benzene rings is 1. The number of nitrogens with one attached hydrogen (secondary N) is 1. The van der Waals surface area contributed by atoms with E-state index in [1.54, 1.807) is 19.9 Å². The summed E-state index contributed by atoms with van der Waals surface area (Å²) in [6, 6.07) is 7.40. The molecular formula is C12H12INO. The Kier molecular flexibility index (Phi) is 3.75. The van der Waals surface area contributed by atoms with Gasteiger partial charge in [0.05, 0.1) is 11.1 Å². The van der Waals surface area contributed by atoms with Gasteiger partial charge in [0.2, 0.25) is 0 Å². The summed E-state index contributed by atoms with van der Waals surface area (Å²) in [5.74, 6) is 2.39. The number of amides is 1. The third-order valence-corrected chi connectivity index (χ3v) is 2.85. The van der Waals surface area contributed by atoms with E-state index in [1.807, 2.05) is 18.2 Å². The summed E-state index contributed by atoms with van der Waals surface area (Å²) in [4.78, 5) is 11.8. The van der Waals surface area contributed by atoms with Gasteiger partial charge in [-0.15, -0.1) is 6.42 Å². The SMILES string of the molecule is C#CC(C)(C)NC(=O)c1ccccc1I. The molecule has 0 aliphatic carbocycles. The van der Waals surface area contributed by atoms with Gasteiger partial charge in [-0.05, 0) is 48.6 Å². The van der Waals surface area contributed by atoms with Crippen LogP contribution in [0, 0.1) is 15.9 Å². The van der Waals surface area contributed by atoms with Gasteiger partial charge < -0.3 is 5.32 Å². The zero-order valence-electron chi connectivity index (χ0n) is 8.67. The highest BCUT2D eigenvalue weighted by Crippen LogP contribution is 2.12. The van der Waals surface area contributed by atoms with Crippen molar-refractivity contribution in [1.82, 2.24) is 5.32 Å². The highest BCUT2D eigenvalue weighted by Gasteiger charge is 2.19. The lowest BCUT2D eigenvalue weighted by molar-refractivity contribution is 0.0929. The zero-order chi connectivity index (χ0) is 11.5. The van der Waals surface area contributed by atoms with Gasteiger partial charge in [0.1, 0.15) is 0 Å². The smallest absolute Gasteiger partial charge is 0.253 e. The normalized spacial score (nSPS) is 10.5. The monoisotopic (exact) mass is 313 g/mol. The zero-order valence-corrected chi connectivity index (χ0v) is 10.8. The first-order valence-electron chi connectivity index (χ1n) is 4.51. The second-order valence-corrected chi connectivity index (χ2v) is 4.87. The molecule has 2 nitrogen and oxygen atoms in total. The van der Waals surface area contributed by atoms with Crippen LogP contribution < -0.4 is 5.32 Å². The number of hydrogen-bond acceptors (Lipinski definition) is 1. The Hall–Kier alpha value is -1.02. The topological polar surface area (TPSA) is 29.1 Å². The second-order valence-electron chi connectivity index (χ2n) is 3.70. The molecule has 0 aliphatic heterocycles. The highest BCUT2D eigenvalue weighted by atomic mass is 127. The Labute approximate surface area is 104 Å². The van der Waals surface area contributed by atoms with Crippen molar-refractivity contribution in [2.45, 2.75) is 19.4 Å². The average molecular weight is 313 g/mol. The van der Waals surface area contributed by atoms with Gasteiger partial charge in [0.25, 0.3) is 5.91 Å². The number of hydrogen-bond donors (Lipinski definition) is 1. The molecule has 0 aliphatic rings. The molecule has 0 atom stereocenters. The maximum atomic E-state index is 11.8. The summed E-state index contributed by atoms with van der Waals surface area (Å²) in [7, 11) is 0. The molecule has 0 spiro atoms. The minimum Gasteiger partial charge on any atom is -0.336 e. The summed E-state index contributed by atoms with van der Waals surface area (Å²) >= 11 is 2.13. The number of carbonyl (C=O) groups excluding carboxylic acids is 1. The molecule has 0 saturated carbocycles. The van der Waals surface area contributed by atoms with Gasteiger partial charge in [0.15, 0.2) is 0 Å². The molecule has 78 valence electrons. The van der Waals surface area contributed by atoms with Crippen LogP contribution in [-0.4, -0.2) is 11.4 Å². The Morgan fingerprint density at radius 1 is 1.47 bits per heavy atom. The summed E-state index contributed by atoms with van der Waals surface area (Å²) in [6.07, 6.45) is 5.30. The second kappa shape index (κ2) is 4.67. The average Bonchev–Trinajstić information content (AvgIpc) is 2.17. The minimum atomic E-state index is -0.615. The number of rotatable bonds is 2. The molecule has 0 unspecified atom stereocenters. The molecular weight excluding hydrogens is 301 g/mol. The Morgan fingerprint density at radius 3 is 2.60 bits per heavy atom. The van der Waals surface area contributed by atoms with E-state index in [4.69, 9.17) is 6.42 Å². The van der Waals surface area contributed by atoms with E-state index in [9.17, 15) is 4.79 Å². The molecule has 1 amide bonds. The van der Waals surface area contributed by atoms with Crippen molar-refractivity contribution >= 4 is 28.5 Å². The van der Waals surface area contributed by atoms with Gasteiger partial charge in [-0.25, -0.2) is 0 Å². The van der Waals surface area contributed by atoms with Crippen LogP contribution in [0.4, 0.5) is 0 Å². The van der Waals surface area contributed by atoms with E-state index in [2.05, 4.69) is 33.8 Å². The van der Waals surface area contributed by atoms with E-state index < -0.39 is 5.54 Å². The summed E-state index contributed by atoms with van der Waals surface area (Å²) in [5.41, 5.74) is 0.0390. The lowest BCUT2D eigenvalue weighted by atomic mass is 10.1. The highest BCUT2D eigenvalue weighted by molar-refractivity contribution is 14.1. The number of halogens is 1. The van der Waals surface area contributed by atoms with Gasteiger partial charge >= 0.3 is 0 Å². The van der Waals surface area contributed by atoms with Crippen molar-refractivity contribution < 1.29 is 4.79 Å². The van der Waals surface area contributed by atoms with Crippen molar-refractivity contribution in [1.29, 1.82) is 0 Å². The molecule has 1 aromatic carbocycles. The molecule has 0 heterocycles. The molecule has 0 bridgehead atoms. The fourth-order valence-corrected chi connectivity index (χ4v) is 1.66. The lowest BCUT2D eigenvalue weighted by Crippen LogP contribution is -2.42. The predicted molar refractivity (Wildman–Crippen MR) is 69.5 cm³/mol. The first-order valence-corrected chi connectivity index (χ1v) is 5.59. The third-order valence-electron chi connectivity index (χ3n) is 1.91. The van der Waals surface area contributed by atoms with Gasteiger partial charge in [-0.3, -0.25) is 4.79 Å². The maximum absolute atomic E-state index is 11.8. The largest absolute Gasteiger partial charge is 0.336 e. The van der Waals surface area contributed by atoms with Crippen LogP contribution in [0.2, 0.25) is 0 Å². The Balaban J connectivity index is 2.89. The maximum Gasteiger partial charge on any atom is 0.253 e. The van der Waals surface area contributed by atoms with E-state index in [0.717, 1.165) is 3.57 Å². The van der Waals surface area contributed by atoms with Crippen LogP contribution in [-0.2, 0) is 0 Å². The van der Waals surface area contributed by atoms with Crippen LogP contribution in [0.5, 0.6) is 0 Å². The van der Waals surface area contributed by atoms with E-state index in [-0.39, 0.29) is 5.91 Å². The number of carbonyl (C=O) groups is 1. The standard InChI is InChI=1S/C12H12INO/c1-4-12(2,3)14-11(15)9-7-5-6-8-10(9)13/h1,5-8H,2-3H3,(H,14,15). The van der Waals surface area contributed by atoms with Crippen molar-refractivity contribution in [3.8, 4) is 12.3 Å². The molecule has 0 radical (unpaired) electrons. The first-order chi connectivity index (χ1) is 6.96. The van der Waals surface area contributed by atoms with Crippen LogP contribution in [0.25, 0.3) is 0 Å². The van der Waals surface area contributed by atoms with Crippen LogP contribution in [0.3, 0.4) is 0 Å². The molecule has 3 heteroatoms. The third kappa shape index (κ3) is 3.24. The van der Waals surface area contributed by atoms with E-state index >= 15 is 0 Å². The quantitative estimate of drug-likeness (QED) is 0.659. The van der Waals surface area contributed by atoms with Gasteiger partial charge in [0, 0.05) is 3.57 Å². The molecule has 0 fully saturated rings. The molecule has 15 heavy (non-hydrogen) atoms. The fourth-order valence-electron chi connectivity index (χ4n) is 1.03. The van der Waals surface area contributed by atoms with Crippen molar-refractivity contribution in [3.63, 3.8) is 0 Å². The van der Waals surface area contributed by atoms with Gasteiger partial charge in [-0.2, -0.15) is 0 Å². The molecule has 1 rings (SSSR count). The van der Waals surface area contributed by atoms with Crippen molar-refractivity contribution in [2.24, 2.45) is 0 Å². The minimum absolute atomic E-state index is 0.136. The van der Waals surface area contributed by atoms with E-state index in [1.165, 1.54) is 0 Å². The van der Waals surface area contributed by atoms with Gasteiger partial charge in [-0.1, -0.05) is 18.1 Å². The predicted octanol–water partition coefficient (Wildman–Crippen LogP) is 2.43. The Bertz CT molecular complexity index is 418. The summed E-state index contributed by atoms with van der Waals surface area (Å²) < 4.78 is 0.917. The molecule has 1 aromatic rings. The summed E-state index contributed by atoms with van der Waals surface area (Å²) in [6.45, 7) is 3.58. The summed E-state index contributed by atoms with van der Waals surface area (Å²) in [5, 5.41) is 2.78. The van der Waals surface area contributed by atoms with Crippen LogP contribution in [0.15, 0.2) is 24.3 Å². The van der Waals surface area contributed by atoms with Crippen molar-refractivity contribution in [2.75, 3.05) is 0 Å². The van der Waals surface area contributed by atoms with Crippen molar-refractivity contribution in [3.05, 3.63) is 33.4 Å². The Morgan fingerprint density at radius 2 is 2.07 bits per heavy atom.